The van der Waals surface area contributed by atoms with Gasteiger partial charge in [-0.05, 0) is 62.6 Å². The third-order valence-electron chi connectivity index (χ3n) is 5.48. The molecule has 0 aliphatic heterocycles. The lowest BCUT2D eigenvalue weighted by Crippen LogP contribution is -2.33. The predicted molar refractivity (Wildman–Crippen MR) is 123 cm³/mol. The van der Waals surface area contributed by atoms with Crippen molar-refractivity contribution in [2.24, 2.45) is 0 Å². The van der Waals surface area contributed by atoms with E-state index in [1.165, 1.54) is 25.3 Å². The maximum Gasteiger partial charge on any atom is 0.255 e. The molecule has 0 spiro atoms. The van der Waals surface area contributed by atoms with Gasteiger partial charge in [0.05, 0.1) is 7.11 Å². The topological polar surface area (TPSA) is 114 Å². The zero-order chi connectivity index (χ0) is 23.3. The fourth-order valence-electron chi connectivity index (χ4n) is 3.71. The number of benzene rings is 2. The molecule has 2 aromatic carbocycles. The first-order valence-corrected chi connectivity index (χ1v) is 12.1. The van der Waals surface area contributed by atoms with Gasteiger partial charge in [0.1, 0.15) is 10.6 Å². The second kappa shape index (κ2) is 10.1. The van der Waals surface area contributed by atoms with Crippen LogP contribution >= 0.6 is 0 Å². The van der Waals surface area contributed by atoms with Gasteiger partial charge in [-0.2, -0.15) is 0 Å². The Hall–Kier alpha value is -2.91. The normalized spacial score (nSPS) is 14.2. The summed E-state index contributed by atoms with van der Waals surface area (Å²) in [6, 6.07) is 9.21. The van der Waals surface area contributed by atoms with Crippen molar-refractivity contribution in [1.82, 2.24) is 10.0 Å². The average molecular weight is 460 g/mol. The van der Waals surface area contributed by atoms with E-state index >= 15 is 0 Å². The number of nitrogens with one attached hydrogen (secondary N) is 3. The maximum absolute atomic E-state index is 13.0. The Kier molecular flexibility index (Phi) is 7.52. The monoisotopic (exact) mass is 459 g/mol. The molecule has 172 valence electrons. The SMILES string of the molecule is CCNC(=O)c1ccc(C)c(NC(=O)c2ccc(OC)c(S(=O)(=O)NC3CCCC3)c2)c1. The third kappa shape index (κ3) is 5.46. The van der Waals surface area contributed by atoms with Crippen molar-refractivity contribution < 1.29 is 22.7 Å². The Morgan fingerprint density at radius 2 is 1.69 bits per heavy atom. The number of sulfonamides is 1. The molecule has 0 saturated heterocycles. The molecule has 3 N–H and O–H groups in total. The Morgan fingerprint density at radius 1 is 1.03 bits per heavy atom. The molecule has 0 heterocycles. The van der Waals surface area contributed by atoms with Crippen molar-refractivity contribution in [3.63, 3.8) is 0 Å². The van der Waals surface area contributed by atoms with Gasteiger partial charge < -0.3 is 15.4 Å². The van der Waals surface area contributed by atoms with Gasteiger partial charge in [-0.25, -0.2) is 13.1 Å². The average Bonchev–Trinajstić information content (AvgIpc) is 3.27. The second-order valence-corrected chi connectivity index (χ2v) is 9.49. The molecule has 0 unspecified atom stereocenters. The van der Waals surface area contributed by atoms with Crippen LogP contribution < -0.4 is 20.1 Å². The summed E-state index contributed by atoms with van der Waals surface area (Å²) in [6.07, 6.45) is 3.56. The fourth-order valence-corrected chi connectivity index (χ4v) is 5.21. The molecule has 1 aliphatic rings. The molecular weight excluding hydrogens is 430 g/mol. The maximum atomic E-state index is 13.0. The minimum Gasteiger partial charge on any atom is -0.495 e. The summed E-state index contributed by atoms with van der Waals surface area (Å²) in [5, 5.41) is 5.50. The summed E-state index contributed by atoms with van der Waals surface area (Å²) >= 11 is 0. The van der Waals surface area contributed by atoms with Crippen molar-refractivity contribution in [3.05, 3.63) is 53.1 Å². The molecule has 1 saturated carbocycles. The van der Waals surface area contributed by atoms with E-state index in [0.717, 1.165) is 31.2 Å². The van der Waals surface area contributed by atoms with Crippen LogP contribution in [0.25, 0.3) is 0 Å². The van der Waals surface area contributed by atoms with Crippen LogP contribution in [0.5, 0.6) is 5.75 Å². The molecule has 1 fully saturated rings. The van der Waals surface area contributed by atoms with Crippen LogP contribution in [0.1, 0.15) is 58.9 Å². The molecule has 2 aromatic rings. The minimum absolute atomic E-state index is 0.0765. The van der Waals surface area contributed by atoms with E-state index in [0.29, 0.717) is 17.8 Å². The highest BCUT2D eigenvalue weighted by Crippen LogP contribution is 2.28. The molecule has 0 aromatic heterocycles. The number of aryl methyl sites for hydroxylation is 1. The Morgan fingerprint density at radius 3 is 2.34 bits per heavy atom. The quantitative estimate of drug-likeness (QED) is 0.561. The third-order valence-corrected chi connectivity index (χ3v) is 7.02. The number of carbonyl (C=O) groups excluding carboxylic acids is 2. The highest BCUT2D eigenvalue weighted by molar-refractivity contribution is 7.89. The summed E-state index contributed by atoms with van der Waals surface area (Å²) in [5.74, 6) is -0.554. The largest absolute Gasteiger partial charge is 0.495 e. The molecule has 3 rings (SSSR count). The molecular formula is C23H29N3O5S. The standard InChI is InChI=1S/C23H29N3O5S/c1-4-24-22(27)16-10-9-15(2)19(13-16)25-23(28)17-11-12-20(31-3)21(14-17)32(29,30)26-18-7-5-6-8-18/h9-14,18,26H,4-8H2,1-3H3,(H,24,27)(H,25,28). The van der Waals surface area contributed by atoms with Gasteiger partial charge in [-0.3, -0.25) is 9.59 Å². The zero-order valence-electron chi connectivity index (χ0n) is 18.5. The molecule has 32 heavy (non-hydrogen) atoms. The summed E-state index contributed by atoms with van der Waals surface area (Å²) in [5.41, 5.74) is 1.84. The van der Waals surface area contributed by atoms with Crippen molar-refractivity contribution in [3.8, 4) is 5.75 Å². The van der Waals surface area contributed by atoms with Crippen LogP contribution in [0.4, 0.5) is 5.69 Å². The Bertz CT molecular complexity index is 1110. The second-order valence-electron chi connectivity index (χ2n) is 7.81. The van der Waals surface area contributed by atoms with Gasteiger partial charge >= 0.3 is 0 Å². The van der Waals surface area contributed by atoms with Crippen LogP contribution in [0.3, 0.4) is 0 Å². The van der Waals surface area contributed by atoms with Crippen molar-refractivity contribution in [2.75, 3.05) is 19.0 Å². The lowest BCUT2D eigenvalue weighted by Gasteiger charge is -2.16. The number of anilines is 1. The van der Waals surface area contributed by atoms with E-state index in [2.05, 4.69) is 15.4 Å². The Balaban J connectivity index is 1.87. The van der Waals surface area contributed by atoms with Crippen LogP contribution in [-0.4, -0.2) is 39.9 Å². The highest BCUT2D eigenvalue weighted by atomic mass is 32.2. The van der Waals surface area contributed by atoms with E-state index in [1.54, 1.807) is 18.2 Å². The number of amides is 2. The number of carbonyl (C=O) groups is 2. The summed E-state index contributed by atoms with van der Waals surface area (Å²) in [6.45, 7) is 4.13. The van der Waals surface area contributed by atoms with E-state index in [4.69, 9.17) is 4.74 Å². The van der Waals surface area contributed by atoms with Gasteiger partial charge in [-0.1, -0.05) is 18.9 Å². The number of ether oxygens (including phenoxy) is 1. The predicted octanol–water partition coefficient (Wildman–Crippen LogP) is 3.23. The van der Waals surface area contributed by atoms with Crippen LogP contribution in [0, 0.1) is 6.92 Å². The van der Waals surface area contributed by atoms with Crippen molar-refractivity contribution in [2.45, 2.75) is 50.5 Å². The fraction of sp³-hybridized carbons (Fsp3) is 0.391. The smallest absolute Gasteiger partial charge is 0.255 e. The first-order chi connectivity index (χ1) is 15.2. The molecule has 0 radical (unpaired) electrons. The first kappa shape index (κ1) is 23.7. The van der Waals surface area contributed by atoms with Gasteiger partial charge in [0.25, 0.3) is 11.8 Å². The lowest BCUT2D eigenvalue weighted by atomic mass is 10.1. The molecule has 0 atom stereocenters. The first-order valence-electron chi connectivity index (χ1n) is 10.7. The van der Waals surface area contributed by atoms with Crippen molar-refractivity contribution in [1.29, 1.82) is 0 Å². The van der Waals surface area contributed by atoms with E-state index in [9.17, 15) is 18.0 Å². The highest BCUT2D eigenvalue weighted by Gasteiger charge is 2.26. The number of rotatable bonds is 8. The van der Waals surface area contributed by atoms with Crippen molar-refractivity contribution >= 4 is 27.5 Å². The number of methoxy groups -OCH3 is 1. The molecule has 9 heteroatoms. The molecule has 8 nitrogen and oxygen atoms in total. The summed E-state index contributed by atoms with van der Waals surface area (Å²) in [7, 11) is -2.47. The van der Waals surface area contributed by atoms with Crippen LogP contribution in [0.2, 0.25) is 0 Å². The molecule has 2 amide bonds. The van der Waals surface area contributed by atoms with Crippen LogP contribution in [0.15, 0.2) is 41.3 Å². The molecule has 0 bridgehead atoms. The van der Waals surface area contributed by atoms with E-state index < -0.39 is 15.9 Å². The summed E-state index contributed by atoms with van der Waals surface area (Å²) < 4.78 is 33.9. The molecule has 1 aliphatic carbocycles. The van der Waals surface area contributed by atoms with Gasteiger partial charge in [-0.15, -0.1) is 0 Å². The Labute approximate surface area is 188 Å². The van der Waals surface area contributed by atoms with E-state index in [1.807, 2.05) is 13.8 Å². The van der Waals surface area contributed by atoms with Gasteiger partial charge in [0.15, 0.2) is 0 Å². The minimum atomic E-state index is -3.86. The van der Waals surface area contributed by atoms with Gasteiger partial charge in [0.2, 0.25) is 10.0 Å². The number of hydrogen-bond donors (Lipinski definition) is 3. The van der Waals surface area contributed by atoms with Crippen LogP contribution in [-0.2, 0) is 10.0 Å². The summed E-state index contributed by atoms with van der Waals surface area (Å²) in [4.78, 5) is 25.0. The van der Waals surface area contributed by atoms with E-state index in [-0.39, 0.29) is 28.2 Å². The lowest BCUT2D eigenvalue weighted by molar-refractivity contribution is 0.0954. The van der Waals surface area contributed by atoms with Gasteiger partial charge in [0, 0.05) is 29.4 Å². The number of hydrogen-bond acceptors (Lipinski definition) is 5. The zero-order valence-corrected chi connectivity index (χ0v) is 19.3.